The first-order valence-electron chi connectivity index (χ1n) is 9.68. The number of hydrogen-bond acceptors (Lipinski definition) is 3. The minimum absolute atomic E-state index is 0.158. The van der Waals surface area contributed by atoms with E-state index in [0.717, 1.165) is 16.7 Å². The molecule has 1 aliphatic heterocycles. The summed E-state index contributed by atoms with van der Waals surface area (Å²) in [7, 11) is 3.21. The van der Waals surface area contributed by atoms with Crippen LogP contribution in [0.4, 0.5) is 0 Å². The van der Waals surface area contributed by atoms with Gasteiger partial charge in [0.1, 0.15) is 0 Å². The smallest absolute Gasteiger partial charge is 0.254 e. The third-order valence-electron chi connectivity index (χ3n) is 5.41. The second kappa shape index (κ2) is 8.99. The van der Waals surface area contributed by atoms with Crippen molar-refractivity contribution in [1.82, 2.24) is 4.90 Å². The van der Waals surface area contributed by atoms with Crippen LogP contribution in [0.15, 0.2) is 54.6 Å². The molecule has 160 valence electrons. The Balaban J connectivity index is 1.87. The lowest BCUT2D eigenvalue weighted by Gasteiger charge is -2.38. The second-order valence-electron chi connectivity index (χ2n) is 7.27. The lowest BCUT2D eigenvalue weighted by atomic mass is 9.87. The van der Waals surface area contributed by atoms with E-state index in [9.17, 15) is 4.79 Å². The predicted octanol–water partition coefficient (Wildman–Crippen LogP) is 6.45. The first-order valence-corrected chi connectivity index (χ1v) is 10.8. The first kappa shape index (κ1) is 21.8. The fraction of sp³-hybridized carbons (Fsp3) is 0.208. The number of benzene rings is 3. The number of hydrogen-bond donors (Lipinski definition) is 0. The van der Waals surface area contributed by atoms with E-state index in [4.69, 9.17) is 44.3 Å². The Morgan fingerprint density at radius 3 is 2.23 bits per heavy atom. The molecule has 0 N–H and O–H groups in total. The molecule has 0 unspecified atom stereocenters. The molecule has 0 saturated heterocycles. The summed E-state index contributed by atoms with van der Waals surface area (Å²) in [4.78, 5) is 15.4. The van der Waals surface area contributed by atoms with E-state index in [1.54, 1.807) is 32.4 Å². The van der Waals surface area contributed by atoms with E-state index in [0.29, 0.717) is 45.1 Å². The number of ether oxygens (including phenoxy) is 2. The maximum atomic E-state index is 13.6. The number of fused-ring (bicyclic) bond motifs is 1. The number of halogens is 3. The van der Waals surface area contributed by atoms with Gasteiger partial charge in [0.15, 0.2) is 11.5 Å². The molecule has 31 heavy (non-hydrogen) atoms. The van der Waals surface area contributed by atoms with E-state index in [1.807, 2.05) is 41.3 Å². The quantitative estimate of drug-likeness (QED) is 0.434. The maximum absolute atomic E-state index is 13.6. The summed E-state index contributed by atoms with van der Waals surface area (Å²) in [6.07, 6.45) is 0.673. The second-order valence-corrected chi connectivity index (χ2v) is 8.58. The lowest BCUT2D eigenvalue weighted by molar-refractivity contribution is 0.0694. The average Bonchev–Trinajstić information content (AvgIpc) is 2.76. The van der Waals surface area contributed by atoms with Crippen LogP contribution in [0.2, 0.25) is 15.1 Å². The summed E-state index contributed by atoms with van der Waals surface area (Å²) in [6, 6.07) is 16.0. The van der Waals surface area contributed by atoms with Crippen molar-refractivity contribution >= 4 is 40.7 Å². The third kappa shape index (κ3) is 4.33. The molecule has 3 aromatic rings. The number of carbonyl (C=O) groups is 1. The van der Waals surface area contributed by atoms with Gasteiger partial charge in [-0.3, -0.25) is 4.79 Å². The van der Waals surface area contributed by atoms with Gasteiger partial charge in [0.2, 0.25) is 0 Å². The highest BCUT2D eigenvalue weighted by Crippen LogP contribution is 2.42. The van der Waals surface area contributed by atoms with Crippen LogP contribution in [-0.2, 0) is 6.42 Å². The van der Waals surface area contributed by atoms with Gasteiger partial charge in [-0.15, -0.1) is 0 Å². The van der Waals surface area contributed by atoms with E-state index < -0.39 is 0 Å². The zero-order valence-corrected chi connectivity index (χ0v) is 19.3. The van der Waals surface area contributed by atoms with Gasteiger partial charge in [-0.2, -0.15) is 0 Å². The highest BCUT2D eigenvalue weighted by atomic mass is 35.5. The summed E-state index contributed by atoms with van der Waals surface area (Å²) < 4.78 is 11.0. The van der Waals surface area contributed by atoms with Crippen molar-refractivity contribution in [2.24, 2.45) is 0 Å². The normalized spacial score (nSPS) is 15.4. The summed E-state index contributed by atoms with van der Waals surface area (Å²) >= 11 is 18.6. The zero-order chi connectivity index (χ0) is 22.1. The SMILES string of the molecule is COc1cc2c(cc1OC)[C@H](c1cccc(Cl)c1)N(C(=O)c1cc(Cl)cc(Cl)c1)CC2. The highest BCUT2D eigenvalue weighted by molar-refractivity contribution is 6.35. The molecular weight excluding hydrogens is 457 g/mol. The molecule has 0 aliphatic carbocycles. The number of amides is 1. The molecule has 1 amide bonds. The van der Waals surface area contributed by atoms with Crippen molar-refractivity contribution in [3.05, 3.63) is 91.9 Å². The standard InChI is InChI=1S/C24H20Cl3NO3/c1-30-21-11-14-6-7-28(24(29)16-9-18(26)12-19(27)10-16)23(20(14)13-22(21)31-2)15-4-3-5-17(25)8-15/h3-5,8-13,23H,6-7H2,1-2H3/t23-/m0/s1. The summed E-state index contributed by atoms with van der Waals surface area (Å²) in [5.74, 6) is 1.11. The van der Waals surface area contributed by atoms with Crippen LogP contribution < -0.4 is 9.47 Å². The van der Waals surface area contributed by atoms with Gasteiger partial charge in [0.05, 0.1) is 20.3 Å². The summed E-state index contributed by atoms with van der Waals surface area (Å²) in [5.41, 5.74) is 3.40. The van der Waals surface area contributed by atoms with Crippen LogP contribution in [0, 0.1) is 0 Å². The monoisotopic (exact) mass is 475 g/mol. The topological polar surface area (TPSA) is 38.8 Å². The molecule has 4 rings (SSSR count). The molecule has 0 fully saturated rings. The molecule has 7 heteroatoms. The Morgan fingerprint density at radius 2 is 1.58 bits per heavy atom. The van der Waals surface area contributed by atoms with Crippen LogP contribution >= 0.6 is 34.8 Å². The molecule has 0 bridgehead atoms. The van der Waals surface area contributed by atoms with Crippen molar-refractivity contribution in [2.45, 2.75) is 12.5 Å². The fourth-order valence-corrected chi connectivity index (χ4v) is 4.77. The number of carbonyl (C=O) groups excluding carboxylic acids is 1. The Labute approximate surface area is 196 Å². The van der Waals surface area contributed by atoms with E-state index in [1.165, 1.54) is 0 Å². The van der Waals surface area contributed by atoms with Crippen molar-refractivity contribution in [2.75, 3.05) is 20.8 Å². The van der Waals surface area contributed by atoms with E-state index in [-0.39, 0.29) is 11.9 Å². The van der Waals surface area contributed by atoms with Crippen LogP contribution in [0.1, 0.15) is 33.1 Å². The molecular formula is C24H20Cl3NO3. The van der Waals surface area contributed by atoms with Crippen LogP contribution in [-0.4, -0.2) is 31.6 Å². The van der Waals surface area contributed by atoms with Gasteiger partial charge < -0.3 is 14.4 Å². The molecule has 0 radical (unpaired) electrons. The number of methoxy groups -OCH3 is 2. The molecule has 0 aromatic heterocycles. The Hall–Kier alpha value is -2.40. The van der Waals surface area contributed by atoms with Gasteiger partial charge in [0, 0.05) is 27.2 Å². The molecule has 3 aromatic carbocycles. The van der Waals surface area contributed by atoms with Crippen LogP contribution in [0.25, 0.3) is 0 Å². The van der Waals surface area contributed by atoms with Gasteiger partial charge in [-0.25, -0.2) is 0 Å². The van der Waals surface area contributed by atoms with Crippen molar-refractivity contribution in [1.29, 1.82) is 0 Å². The molecule has 1 heterocycles. The fourth-order valence-electron chi connectivity index (χ4n) is 4.04. The number of nitrogens with zero attached hydrogens (tertiary/aromatic N) is 1. The molecule has 1 atom stereocenters. The first-order chi connectivity index (χ1) is 14.9. The minimum atomic E-state index is -0.354. The Bertz CT molecular complexity index is 1130. The maximum Gasteiger partial charge on any atom is 0.254 e. The molecule has 0 saturated carbocycles. The number of rotatable bonds is 4. The zero-order valence-electron chi connectivity index (χ0n) is 17.0. The Morgan fingerprint density at radius 1 is 0.903 bits per heavy atom. The van der Waals surface area contributed by atoms with Crippen LogP contribution in [0.3, 0.4) is 0 Å². The summed E-state index contributed by atoms with van der Waals surface area (Å²) in [5, 5.41) is 1.43. The van der Waals surface area contributed by atoms with Gasteiger partial charge in [-0.05, 0) is 65.6 Å². The van der Waals surface area contributed by atoms with Crippen molar-refractivity contribution < 1.29 is 14.3 Å². The average molecular weight is 477 g/mol. The minimum Gasteiger partial charge on any atom is -0.493 e. The van der Waals surface area contributed by atoms with Crippen molar-refractivity contribution in [3.8, 4) is 11.5 Å². The van der Waals surface area contributed by atoms with E-state index in [2.05, 4.69) is 0 Å². The van der Waals surface area contributed by atoms with Gasteiger partial charge >= 0.3 is 0 Å². The van der Waals surface area contributed by atoms with Gasteiger partial charge in [-0.1, -0.05) is 46.9 Å². The molecule has 1 aliphatic rings. The Kier molecular flexibility index (Phi) is 6.33. The molecule has 4 nitrogen and oxygen atoms in total. The highest BCUT2D eigenvalue weighted by Gasteiger charge is 2.34. The molecule has 0 spiro atoms. The largest absolute Gasteiger partial charge is 0.493 e. The van der Waals surface area contributed by atoms with Crippen LogP contribution in [0.5, 0.6) is 11.5 Å². The van der Waals surface area contributed by atoms with Crippen molar-refractivity contribution in [3.63, 3.8) is 0 Å². The van der Waals surface area contributed by atoms with Gasteiger partial charge in [0.25, 0.3) is 5.91 Å². The lowest BCUT2D eigenvalue weighted by Crippen LogP contribution is -2.40. The third-order valence-corrected chi connectivity index (χ3v) is 6.08. The predicted molar refractivity (Wildman–Crippen MR) is 124 cm³/mol. The van der Waals surface area contributed by atoms with E-state index >= 15 is 0 Å². The summed E-state index contributed by atoms with van der Waals surface area (Å²) in [6.45, 7) is 0.516.